The Kier molecular flexibility index (Phi) is 4.02. The van der Waals surface area contributed by atoms with Crippen molar-refractivity contribution in [2.45, 2.75) is 6.92 Å². The Hall–Kier alpha value is -2.47. The second-order valence-electron chi connectivity index (χ2n) is 4.77. The number of halogens is 1. The number of amides is 1. The standard InChI is InChI=1S/C16H13BrN4O/c1-11-3-2-4-15(19-11)20-16(22)12-5-7-14(8-6-12)21-10-13(17)9-18-21/h2-10H,1H3,(H,19,20,22). The molecule has 3 aromatic rings. The number of aromatic nitrogens is 3. The van der Waals surface area contributed by atoms with Gasteiger partial charge in [0.2, 0.25) is 0 Å². The third-order valence-electron chi connectivity index (χ3n) is 3.08. The van der Waals surface area contributed by atoms with E-state index in [2.05, 4.69) is 31.3 Å². The van der Waals surface area contributed by atoms with Gasteiger partial charge in [0.1, 0.15) is 5.82 Å². The lowest BCUT2D eigenvalue weighted by Gasteiger charge is -2.06. The van der Waals surface area contributed by atoms with Gasteiger partial charge in [-0.25, -0.2) is 9.67 Å². The maximum Gasteiger partial charge on any atom is 0.256 e. The number of nitrogens with one attached hydrogen (secondary N) is 1. The summed E-state index contributed by atoms with van der Waals surface area (Å²) < 4.78 is 2.63. The van der Waals surface area contributed by atoms with Crippen molar-refractivity contribution in [1.82, 2.24) is 14.8 Å². The van der Waals surface area contributed by atoms with Crippen molar-refractivity contribution in [3.63, 3.8) is 0 Å². The maximum atomic E-state index is 12.2. The second-order valence-corrected chi connectivity index (χ2v) is 5.68. The van der Waals surface area contributed by atoms with Crippen molar-refractivity contribution in [3.8, 4) is 5.69 Å². The molecule has 0 atom stereocenters. The minimum Gasteiger partial charge on any atom is -0.307 e. The maximum absolute atomic E-state index is 12.2. The van der Waals surface area contributed by atoms with Gasteiger partial charge in [-0.05, 0) is 59.3 Å². The first-order valence-corrected chi connectivity index (χ1v) is 7.47. The van der Waals surface area contributed by atoms with Crippen LogP contribution in [0.15, 0.2) is 59.3 Å². The molecule has 1 aromatic carbocycles. The number of anilines is 1. The molecule has 0 bridgehead atoms. The summed E-state index contributed by atoms with van der Waals surface area (Å²) in [4.78, 5) is 16.5. The monoisotopic (exact) mass is 356 g/mol. The Balaban J connectivity index is 1.76. The third-order valence-corrected chi connectivity index (χ3v) is 3.48. The number of nitrogens with zero attached hydrogens (tertiary/aromatic N) is 3. The summed E-state index contributed by atoms with van der Waals surface area (Å²) in [5, 5.41) is 6.98. The fourth-order valence-corrected chi connectivity index (χ4v) is 2.29. The lowest BCUT2D eigenvalue weighted by Crippen LogP contribution is -2.13. The molecule has 110 valence electrons. The van der Waals surface area contributed by atoms with E-state index in [0.29, 0.717) is 11.4 Å². The predicted octanol–water partition coefficient (Wildman–Crippen LogP) is 3.59. The molecule has 2 heterocycles. The van der Waals surface area contributed by atoms with Crippen molar-refractivity contribution < 1.29 is 4.79 Å². The van der Waals surface area contributed by atoms with Crippen LogP contribution in [0.1, 0.15) is 16.1 Å². The van der Waals surface area contributed by atoms with Crippen LogP contribution in [0.5, 0.6) is 0 Å². The van der Waals surface area contributed by atoms with Crippen molar-refractivity contribution >= 4 is 27.7 Å². The Morgan fingerprint density at radius 1 is 1.18 bits per heavy atom. The van der Waals surface area contributed by atoms with E-state index in [0.717, 1.165) is 15.9 Å². The minimum absolute atomic E-state index is 0.189. The van der Waals surface area contributed by atoms with Gasteiger partial charge >= 0.3 is 0 Å². The van der Waals surface area contributed by atoms with Gasteiger partial charge in [-0.15, -0.1) is 0 Å². The molecule has 0 saturated heterocycles. The highest BCUT2D eigenvalue weighted by Crippen LogP contribution is 2.14. The summed E-state index contributed by atoms with van der Waals surface area (Å²) in [5.41, 5.74) is 2.31. The van der Waals surface area contributed by atoms with Crippen molar-refractivity contribution in [3.05, 3.63) is 70.6 Å². The van der Waals surface area contributed by atoms with Crippen LogP contribution >= 0.6 is 15.9 Å². The highest BCUT2D eigenvalue weighted by atomic mass is 79.9. The molecule has 0 spiro atoms. The summed E-state index contributed by atoms with van der Waals surface area (Å²) in [6.07, 6.45) is 3.57. The van der Waals surface area contributed by atoms with Crippen LogP contribution in [-0.4, -0.2) is 20.7 Å². The van der Waals surface area contributed by atoms with E-state index in [9.17, 15) is 4.79 Å². The van der Waals surface area contributed by atoms with Gasteiger partial charge in [0.05, 0.1) is 16.4 Å². The van der Waals surface area contributed by atoms with Gasteiger partial charge in [-0.1, -0.05) is 6.07 Å². The van der Waals surface area contributed by atoms with Crippen LogP contribution < -0.4 is 5.32 Å². The summed E-state index contributed by atoms with van der Waals surface area (Å²) in [5.74, 6) is 0.358. The Bertz CT molecular complexity index is 811. The summed E-state index contributed by atoms with van der Waals surface area (Å²) in [6.45, 7) is 1.88. The molecule has 0 aliphatic heterocycles. The van der Waals surface area contributed by atoms with E-state index in [4.69, 9.17) is 0 Å². The molecular formula is C16H13BrN4O. The first kappa shape index (κ1) is 14.5. The van der Waals surface area contributed by atoms with Gasteiger partial charge in [0.15, 0.2) is 0 Å². The first-order chi connectivity index (χ1) is 10.6. The first-order valence-electron chi connectivity index (χ1n) is 6.67. The van der Waals surface area contributed by atoms with Crippen LogP contribution in [0.25, 0.3) is 5.69 Å². The fraction of sp³-hybridized carbons (Fsp3) is 0.0625. The molecule has 1 amide bonds. The molecule has 5 nitrogen and oxygen atoms in total. The topological polar surface area (TPSA) is 59.8 Å². The quantitative estimate of drug-likeness (QED) is 0.779. The molecule has 22 heavy (non-hydrogen) atoms. The number of rotatable bonds is 3. The number of aryl methyl sites for hydroxylation is 1. The molecule has 0 fully saturated rings. The van der Waals surface area contributed by atoms with Crippen molar-refractivity contribution in [2.24, 2.45) is 0 Å². The van der Waals surface area contributed by atoms with Crippen molar-refractivity contribution in [2.75, 3.05) is 5.32 Å². The Morgan fingerprint density at radius 3 is 2.59 bits per heavy atom. The van der Waals surface area contributed by atoms with E-state index in [1.165, 1.54) is 0 Å². The van der Waals surface area contributed by atoms with Crippen molar-refractivity contribution in [1.29, 1.82) is 0 Å². The molecule has 0 aliphatic carbocycles. The summed E-state index contributed by atoms with van der Waals surface area (Å²) in [7, 11) is 0. The predicted molar refractivity (Wildman–Crippen MR) is 88.2 cm³/mol. The van der Waals surface area contributed by atoms with E-state index < -0.39 is 0 Å². The van der Waals surface area contributed by atoms with Gasteiger partial charge in [-0.2, -0.15) is 5.10 Å². The third kappa shape index (κ3) is 3.23. The zero-order chi connectivity index (χ0) is 15.5. The number of hydrogen-bond donors (Lipinski definition) is 1. The normalized spacial score (nSPS) is 10.5. The smallest absolute Gasteiger partial charge is 0.256 e. The fourth-order valence-electron chi connectivity index (χ4n) is 2.01. The molecule has 0 radical (unpaired) electrons. The number of hydrogen-bond acceptors (Lipinski definition) is 3. The molecular weight excluding hydrogens is 344 g/mol. The van der Waals surface area contributed by atoms with E-state index in [-0.39, 0.29) is 5.91 Å². The average Bonchev–Trinajstić information content (AvgIpc) is 2.94. The highest BCUT2D eigenvalue weighted by Gasteiger charge is 2.07. The van der Waals surface area contributed by atoms with E-state index in [1.54, 1.807) is 29.1 Å². The number of benzene rings is 1. The lowest BCUT2D eigenvalue weighted by molar-refractivity contribution is 0.102. The largest absolute Gasteiger partial charge is 0.307 e. The second kappa shape index (κ2) is 6.11. The van der Waals surface area contributed by atoms with Gasteiger partial charge in [-0.3, -0.25) is 4.79 Å². The molecule has 6 heteroatoms. The summed E-state index contributed by atoms with van der Waals surface area (Å²) in [6, 6.07) is 12.7. The number of carbonyl (C=O) groups is 1. The minimum atomic E-state index is -0.189. The SMILES string of the molecule is Cc1cccc(NC(=O)c2ccc(-n3cc(Br)cn3)cc2)n1. The molecule has 2 aromatic heterocycles. The number of pyridine rings is 1. The Morgan fingerprint density at radius 2 is 1.95 bits per heavy atom. The molecule has 0 unspecified atom stereocenters. The molecule has 3 rings (SSSR count). The molecule has 1 N–H and O–H groups in total. The van der Waals surface area contributed by atoms with Crippen LogP contribution in [-0.2, 0) is 0 Å². The van der Waals surface area contributed by atoms with Crippen LogP contribution in [0.2, 0.25) is 0 Å². The molecule has 0 aliphatic rings. The van der Waals surface area contributed by atoms with Crippen LogP contribution in [0.3, 0.4) is 0 Å². The van der Waals surface area contributed by atoms with Gasteiger partial charge < -0.3 is 5.32 Å². The molecule has 0 saturated carbocycles. The van der Waals surface area contributed by atoms with Gasteiger partial charge in [0.25, 0.3) is 5.91 Å². The lowest BCUT2D eigenvalue weighted by atomic mass is 10.2. The highest BCUT2D eigenvalue weighted by molar-refractivity contribution is 9.10. The number of carbonyl (C=O) groups excluding carboxylic acids is 1. The van der Waals surface area contributed by atoms with E-state index in [1.807, 2.05) is 37.4 Å². The zero-order valence-corrected chi connectivity index (χ0v) is 13.4. The Labute approximate surface area is 136 Å². The average molecular weight is 357 g/mol. The van der Waals surface area contributed by atoms with E-state index >= 15 is 0 Å². The van der Waals surface area contributed by atoms with Gasteiger partial charge in [0, 0.05) is 17.5 Å². The zero-order valence-electron chi connectivity index (χ0n) is 11.8. The van der Waals surface area contributed by atoms with Crippen LogP contribution in [0, 0.1) is 6.92 Å². The summed E-state index contributed by atoms with van der Waals surface area (Å²) >= 11 is 3.36. The van der Waals surface area contributed by atoms with Crippen LogP contribution in [0.4, 0.5) is 5.82 Å².